The number of hydrogen-bond donors (Lipinski definition) is 5. The summed E-state index contributed by atoms with van der Waals surface area (Å²) in [6.07, 6.45) is 4.96. The monoisotopic (exact) mass is 418 g/mol. The summed E-state index contributed by atoms with van der Waals surface area (Å²) in [6.45, 7) is 1.85. The minimum absolute atomic E-state index is 0.119. The van der Waals surface area contributed by atoms with Crippen molar-refractivity contribution in [3.63, 3.8) is 0 Å². The molecule has 0 aromatic heterocycles. The normalized spacial score (nSPS) is 41.5. The molecule has 0 amide bonds. The highest BCUT2D eigenvalue weighted by Gasteiger charge is 2.48. The van der Waals surface area contributed by atoms with Crippen LogP contribution >= 0.6 is 73.2 Å². The largest absolute Gasteiger partial charge is 0.379 e. The molecule has 0 aromatic rings. The van der Waals surface area contributed by atoms with Gasteiger partial charge in [0.2, 0.25) is 0 Å². The van der Waals surface area contributed by atoms with Crippen molar-refractivity contribution in [2.24, 2.45) is 5.41 Å². The zero-order valence-electron chi connectivity index (χ0n) is 13.1. The fraction of sp³-hybridized carbons (Fsp3) is 1.00. The molecule has 0 saturated carbocycles. The second-order valence-electron chi connectivity index (χ2n) is 6.52. The van der Waals surface area contributed by atoms with Gasteiger partial charge in [-0.3, -0.25) is 0 Å². The van der Waals surface area contributed by atoms with Crippen LogP contribution in [0.2, 0.25) is 0 Å². The highest BCUT2D eigenvalue weighted by Crippen LogP contribution is 2.62. The Bertz CT molecular complexity index is 338. The van der Waals surface area contributed by atoms with Crippen LogP contribution in [-0.4, -0.2) is 57.1 Å². The second kappa shape index (κ2) is 9.67. The Hall–Kier alpha value is 2.06. The van der Waals surface area contributed by atoms with Crippen molar-refractivity contribution in [2.45, 2.75) is 35.0 Å². The van der Waals surface area contributed by atoms with Gasteiger partial charge in [0.05, 0.1) is 17.8 Å². The van der Waals surface area contributed by atoms with Gasteiger partial charge in [0.25, 0.3) is 0 Å². The third-order valence-electron chi connectivity index (χ3n) is 5.23. The van der Waals surface area contributed by atoms with E-state index >= 15 is 0 Å². The van der Waals surface area contributed by atoms with Gasteiger partial charge in [0.1, 0.15) is 0 Å². The Morgan fingerprint density at radius 2 is 1.82 bits per heavy atom. The van der Waals surface area contributed by atoms with Gasteiger partial charge in [0.15, 0.2) is 0 Å². The summed E-state index contributed by atoms with van der Waals surface area (Å²) in [4.78, 5) is 0. The maximum absolute atomic E-state index is 5.83. The second-order valence-corrected chi connectivity index (χ2v) is 12.5. The van der Waals surface area contributed by atoms with Gasteiger partial charge in [0, 0.05) is 16.3 Å². The molecule has 0 N–H and O–H groups in total. The molecule has 0 aromatic carbocycles. The first-order chi connectivity index (χ1) is 10.7. The van der Waals surface area contributed by atoms with E-state index in [4.69, 9.17) is 30.0 Å². The summed E-state index contributed by atoms with van der Waals surface area (Å²) in [7, 11) is -0.119. The molecule has 2 rings (SSSR count). The average molecular weight is 419 g/mol. The Labute approximate surface area is 165 Å². The van der Waals surface area contributed by atoms with Crippen molar-refractivity contribution in [1.82, 2.24) is 0 Å². The molecule has 4 atom stereocenters. The van der Waals surface area contributed by atoms with E-state index in [1.807, 2.05) is 0 Å². The van der Waals surface area contributed by atoms with E-state index in [0.717, 1.165) is 42.0 Å². The van der Waals surface area contributed by atoms with Gasteiger partial charge in [-0.15, -0.1) is 11.8 Å². The van der Waals surface area contributed by atoms with Crippen LogP contribution in [0.15, 0.2) is 0 Å². The first-order valence-corrected chi connectivity index (χ1v) is 13.2. The van der Waals surface area contributed by atoms with Crippen LogP contribution in [0, 0.1) is 5.41 Å². The minimum atomic E-state index is -0.119. The van der Waals surface area contributed by atoms with Gasteiger partial charge in [-0.05, 0) is 54.1 Å². The molecule has 0 aliphatic carbocycles. The summed E-state index contributed by atoms with van der Waals surface area (Å²) < 4.78 is 6.90. The van der Waals surface area contributed by atoms with Gasteiger partial charge >= 0.3 is 0 Å². The van der Waals surface area contributed by atoms with Crippen LogP contribution in [0.25, 0.3) is 0 Å². The third-order valence-corrected chi connectivity index (χ3v) is 13.0. The fourth-order valence-electron chi connectivity index (χ4n) is 3.69. The first-order valence-electron chi connectivity index (χ1n) is 8.05. The number of hydrogen-bond acceptors (Lipinski definition) is 6. The molecule has 2 aliphatic heterocycles. The molecule has 0 spiro atoms. The van der Waals surface area contributed by atoms with Crippen LogP contribution in [0.5, 0.6) is 0 Å². The zero-order valence-corrected chi connectivity index (χ0v) is 18.4. The van der Waals surface area contributed by atoms with Crippen LogP contribution in [-0.2, 0) is 4.74 Å². The van der Waals surface area contributed by atoms with Crippen molar-refractivity contribution < 1.29 is 4.74 Å². The lowest BCUT2D eigenvalue weighted by atomic mass is 9.80. The Morgan fingerprint density at radius 3 is 2.36 bits per heavy atom. The molecule has 0 radical (unpaired) electrons. The van der Waals surface area contributed by atoms with Crippen molar-refractivity contribution in [2.75, 3.05) is 47.7 Å². The number of thiol groups is 5. The van der Waals surface area contributed by atoms with E-state index in [9.17, 15) is 0 Å². The molecule has 132 valence electrons. The summed E-state index contributed by atoms with van der Waals surface area (Å²) in [6, 6.07) is 0. The quantitative estimate of drug-likeness (QED) is 0.398. The molecule has 4 unspecified atom stereocenters. The number of ether oxygens (including phenoxy) is 1. The highest BCUT2D eigenvalue weighted by molar-refractivity contribution is 8.28. The van der Waals surface area contributed by atoms with E-state index in [1.165, 1.54) is 31.4 Å². The fourth-order valence-corrected chi connectivity index (χ4v) is 12.4. The Balaban J connectivity index is 2.23. The predicted octanol–water partition coefficient (Wildman–Crippen LogP) is 4.10. The van der Waals surface area contributed by atoms with Crippen LogP contribution in [0.4, 0.5) is 0 Å². The minimum Gasteiger partial charge on any atom is -0.379 e. The summed E-state index contributed by atoms with van der Waals surface area (Å²) in [5.41, 5.74) is 0.387. The summed E-state index contributed by atoms with van der Waals surface area (Å²) in [5, 5.41) is 0. The molecular formula is C15H30OS6. The van der Waals surface area contributed by atoms with E-state index < -0.39 is 0 Å². The maximum atomic E-state index is 5.83. The standard InChI is InChI=1S/C15H30OS6/c17-6-3-14(10-19)1-2-15(11-20,4-7-18)22(12-14)13-9-16-5-8-21-13/h13,17-20,22H,1-12H2. The SMILES string of the molecule is SCCC1(CS)CCC(CS)(CCS)[SH](C2COCCS2)C1. The molecule has 7 heteroatoms. The van der Waals surface area contributed by atoms with E-state index in [2.05, 4.69) is 37.0 Å². The maximum Gasteiger partial charge on any atom is 0.0661 e. The lowest BCUT2D eigenvalue weighted by Crippen LogP contribution is -2.48. The van der Waals surface area contributed by atoms with Gasteiger partial charge in [-0.2, -0.15) is 50.5 Å². The lowest BCUT2D eigenvalue weighted by Gasteiger charge is -2.56. The Morgan fingerprint density at radius 1 is 1.05 bits per heavy atom. The predicted molar refractivity (Wildman–Crippen MR) is 120 cm³/mol. The zero-order chi connectivity index (χ0) is 16.1. The van der Waals surface area contributed by atoms with Crippen molar-refractivity contribution >= 4 is 73.2 Å². The molecule has 2 saturated heterocycles. The average Bonchev–Trinajstić information content (AvgIpc) is 2.57. The summed E-state index contributed by atoms with van der Waals surface area (Å²) >= 11 is 20.8. The van der Waals surface area contributed by atoms with E-state index in [-0.39, 0.29) is 10.9 Å². The molecule has 2 aliphatic rings. The molecular weight excluding hydrogens is 389 g/mol. The lowest BCUT2D eigenvalue weighted by molar-refractivity contribution is 0.155. The Kier molecular flexibility index (Phi) is 8.96. The van der Waals surface area contributed by atoms with E-state index in [0.29, 0.717) is 14.7 Å². The topological polar surface area (TPSA) is 9.23 Å². The van der Waals surface area contributed by atoms with E-state index in [1.54, 1.807) is 0 Å². The van der Waals surface area contributed by atoms with Crippen LogP contribution in [0.1, 0.15) is 25.7 Å². The molecule has 2 fully saturated rings. The van der Waals surface area contributed by atoms with Crippen molar-refractivity contribution in [3.05, 3.63) is 0 Å². The number of rotatable bonds is 7. The third kappa shape index (κ3) is 4.61. The summed E-state index contributed by atoms with van der Waals surface area (Å²) in [5.74, 6) is 6.40. The van der Waals surface area contributed by atoms with Crippen LogP contribution < -0.4 is 0 Å². The van der Waals surface area contributed by atoms with Gasteiger partial charge in [-0.25, -0.2) is 10.9 Å². The van der Waals surface area contributed by atoms with Gasteiger partial charge < -0.3 is 4.74 Å². The molecule has 22 heavy (non-hydrogen) atoms. The van der Waals surface area contributed by atoms with Crippen molar-refractivity contribution in [1.29, 1.82) is 0 Å². The van der Waals surface area contributed by atoms with Crippen LogP contribution in [0.3, 0.4) is 0 Å². The van der Waals surface area contributed by atoms with Gasteiger partial charge in [-0.1, -0.05) is 0 Å². The molecule has 1 nitrogen and oxygen atoms in total. The number of thioether (sulfide) groups is 1. The highest BCUT2D eigenvalue weighted by atomic mass is 32.2. The first kappa shape index (κ1) is 20.4. The smallest absolute Gasteiger partial charge is 0.0661 e. The molecule has 0 bridgehead atoms. The van der Waals surface area contributed by atoms with Crippen molar-refractivity contribution in [3.8, 4) is 0 Å². The molecule has 2 heterocycles.